The van der Waals surface area contributed by atoms with Gasteiger partial charge in [-0.15, -0.1) is 0 Å². The molecule has 3 heteroatoms. The lowest BCUT2D eigenvalue weighted by atomic mass is 9.96. The Morgan fingerprint density at radius 3 is 3.06 bits per heavy atom. The van der Waals surface area contributed by atoms with Gasteiger partial charge >= 0.3 is 0 Å². The van der Waals surface area contributed by atoms with Crippen molar-refractivity contribution >= 4 is 0 Å². The van der Waals surface area contributed by atoms with Gasteiger partial charge in [-0.25, -0.2) is 0 Å². The zero-order valence-corrected chi connectivity index (χ0v) is 11.5. The topological polar surface area (TPSA) is 42.4 Å². The molecule has 0 bridgehead atoms. The highest BCUT2D eigenvalue weighted by Gasteiger charge is 2.18. The Kier molecular flexibility index (Phi) is 5.26. The Bertz CT molecular complexity index is 348. The lowest BCUT2D eigenvalue weighted by Crippen LogP contribution is -2.24. The van der Waals surface area contributed by atoms with E-state index in [1.807, 2.05) is 6.07 Å². The first-order valence-corrected chi connectivity index (χ1v) is 7.31. The first-order valence-electron chi connectivity index (χ1n) is 7.31. The SMILES string of the molecule is CCCC1CCCN(Cc2occc2CN)CC1. The molecule has 0 spiro atoms. The highest BCUT2D eigenvalue weighted by molar-refractivity contribution is 5.16. The second-order valence-electron chi connectivity index (χ2n) is 5.43. The maximum absolute atomic E-state index is 5.71. The van der Waals surface area contributed by atoms with Gasteiger partial charge in [0.15, 0.2) is 0 Å². The molecule has 0 amide bonds. The van der Waals surface area contributed by atoms with Crippen LogP contribution in [0, 0.1) is 5.92 Å². The van der Waals surface area contributed by atoms with Crippen LogP contribution >= 0.6 is 0 Å². The number of hydrogen-bond acceptors (Lipinski definition) is 3. The minimum absolute atomic E-state index is 0.581. The molecular formula is C15H26N2O. The van der Waals surface area contributed by atoms with E-state index in [1.54, 1.807) is 6.26 Å². The molecule has 1 atom stereocenters. The van der Waals surface area contributed by atoms with Crippen molar-refractivity contribution in [2.24, 2.45) is 11.7 Å². The Morgan fingerprint density at radius 1 is 1.39 bits per heavy atom. The van der Waals surface area contributed by atoms with Gasteiger partial charge in [0, 0.05) is 12.1 Å². The molecule has 2 rings (SSSR count). The zero-order chi connectivity index (χ0) is 12.8. The molecule has 1 aromatic heterocycles. The summed E-state index contributed by atoms with van der Waals surface area (Å²) in [5, 5.41) is 0. The summed E-state index contributed by atoms with van der Waals surface area (Å²) in [4.78, 5) is 2.52. The van der Waals surface area contributed by atoms with E-state index >= 15 is 0 Å². The van der Waals surface area contributed by atoms with Crippen molar-refractivity contribution in [3.63, 3.8) is 0 Å². The predicted octanol–water partition coefficient (Wildman–Crippen LogP) is 3.14. The van der Waals surface area contributed by atoms with Crippen molar-refractivity contribution in [1.29, 1.82) is 0 Å². The van der Waals surface area contributed by atoms with E-state index in [2.05, 4.69) is 11.8 Å². The molecule has 3 nitrogen and oxygen atoms in total. The van der Waals surface area contributed by atoms with Crippen LogP contribution in [0.3, 0.4) is 0 Å². The van der Waals surface area contributed by atoms with Crippen molar-refractivity contribution in [2.45, 2.75) is 52.1 Å². The van der Waals surface area contributed by atoms with E-state index in [-0.39, 0.29) is 0 Å². The Balaban J connectivity index is 1.87. The normalized spacial score (nSPS) is 22.0. The number of likely N-dealkylation sites (tertiary alicyclic amines) is 1. The summed E-state index contributed by atoms with van der Waals surface area (Å²) in [5.41, 5.74) is 6.87. The van der Waals surface area contributed by atoms with Gasteiger partial charge in [-0.1, -0.05) is 19.8 Å². The number of nitrogens with two attached hydrogens (primary N) is 1. The molecule has 18 heavy (non-hydrogen) atoms. The highest BCUT2D eigenvalue weighted by Crippen LogP contribution is 2.23. The van der Waals surface area contributed by atoms with Crippen LogP contribution in [0.1, 0.15) is 50.4 Å². The molecule has 1 aromatic rings. The monoisotopic (exact) mass is 250 g/mol. The predicted molar refractivity (Wildman–Crippen MR) is 74.1 cm³/mol. The van der Waals surface area contributed by atoms with Crippen LogP contribution in [0.4, 0.5) is 0 Å². The summed E-state index contributed by atoms with van der Waals surface area (Å²) in [6.07, 6.45) is 8.53. The maximum Gasteiger partial charge on any atom is 0.122 e. The molecule has 1 unspecified atom stereocenters. The zero-order valence-electron chi connectivity index (χ0n) is 11.5. The van der Waals surface area contributed by atoms with Crippen LogP contribution < -0.4 is 5.73 Å². The molecule has 1 fully saturated rings. The molecule has 0 aliphatic carbocycles. The molecule has 0 saturated carbocycles. The molecule has 2 N–H and O–H groups in total. The number of rotatable bonds is 5. The fourth-order valence-corrected chi connectivity index (χ4v) is 2.97. The molecular weight excluding hydrogens is 224 g/mol. The van der Waals surface area contributed by atoms with Crippen LogP contribution in [-0.4, -0.2) is 18.0 Å². The first kappa shape index (κ1) is 13.6. The van der Waals surface area contributed by atoms with Crippen molar-refractivity contribution in [2.75, 3.05) is 13.1 Å². The second-order valence-corrected chi connectivity index (χ2v) is 5.43. The number of furan rings is 1. The lowest BCUT2D eigenvalue weighted by Gasteiger charge is -2.19. The number of hydrogen-bond donors (Lipinski definition) is 1. The van der Waals surface area contributed by atoms with Gasteiger partial charge in [-0.3, -0.25) is 4.90 Å². The van der Waals surface area contributed by atoms with E-state index in [1.165, 1.54) is 45.2 Å². The van der Waals surface area contributed by atoms with Gasteiger partial charge in [-0.2, -0.15) is 0 Å². The smallest absolute Gasteiger partial charge is 0.122 e. The molecule has 102 valence electrons. The second kappa shape index (κ2) is 6.95. The summed E-state index contributed by atoms with van der Waals surface area (Å²) < 4.78 is 5.55. The summed E-state index contributed by atoms with van der Waals surface area (Å²) >= 11 is 0. The Labute approximate surface area is 110 Å². The Hall–Kier alpha value is -0.800. The van der Waals surface area contributed by atoms with Gasteiger partial charge in [0.2, 0.25) is 0 Å². The summed E-state index contributed by atoms with van der Waals surface area (Å²) in [6.45, 7) is 6.20. The molecule has 1 saturated heterocycles. The third-order valence-corrected chi connectivity index (χ3v) is 4.06. The van der Waals surface area contributed by atoms with Crippen molar-refractivity contribution in [3.05, 3.63) is 23.7 Å². The summed E-state index contributed by atoms with van der Waals surface area (Å²) in [6, 6.07) is 1.99. The third kappa shape index (κ3) is 3.59. The quantitative estimate of drug-likeness (QED) is 0.873. The molecule has 1 aliphatic rings. The van der Waals surface area contributed by atoms with Gasteiger partial charge in [-0.05, 0) is 44.3 Å². The molecule has 1 aliphatic heterocycles. The van der Waals surface area contributed by atoms with Gasteiger partial charge in [0.1, 0.15) is 5.76 Å². The van der Waals surface area contributed by atoms with Gasteiger partial charge in [0.25, 0.3) is 0 Å². The Morgan fingerprint density at radius 2 is 2.28 bits per heavy atom. The van der Waals surface area contributed by atoms with Crippen molar-refractivity contribution < 1.29 is 4.42 Å². The molecule has 0 radical (unpaired) electrons. The number of nitrogens with zero attached hydrogens (tertiary/aromatic N) is 1. The van der Waals surface area contributed by atoms with Gasteiger partial charge in [0.05, 0.1) is 12.8 Å². The van der Waals surface area contributed by atoms with Crippen LogP contribution in [0.5, 0.6) is 0 Å². The standard InChI is InChI=1S/C15H26N2O/c1-2-4-13-5-3-8-17(9-6-13)12-15-14(11-16)7-10-18-15/h7,10,13H,2-6,8-9,11-12,16H2,1H3. The summed E-state index contributed by atoms with van der Waals surface area (Å²) in [5.74, 6) is 2.00. The average Bonchev–Trinajstić information content (AvgIpc) is 2.71. The van der Waals surface area contributed by atoms with Gasteiger partial charge < -0.3 is 10.2 Å². The van der Waals surface area contributed by atoms with E-state index in [0.29, 0.717) is 6.54 Å². The largest absolute Gasteiger partial charge is 0.468 e. The van der Waals surface area contributed by atoms with E-state index in [0.717, 1.165) is 23.8 Å². The van der Waals surface area contributed by atoms with Crippen LogP contribution in [0.25, 0.3) is 0 Å². The third-order valence-electron chi connectivity index (χ3n) is 4.06. The highest BCUT2D eigenvalue weighted by atomic mass is 16.3. The maximum atomic E-state index is 5.71. The van der Waals surface area contributed by atoms with Crippen molar-refractivity contribution in [1.82, 2.24) is 4.90 Å². The minimum atomic E-state index is 0.581. The lowest BCUT2D eigenvalue weighted by molar-refractivity contribution is 0.247. The molecule has 0 aromatic carbocycles. The van der Waals surface area contributed by atoms with Crippen LogP contribution in [-0.2, 0) is 13.1 Å². The van der Waals surface area contributed by atoms with Crippen molar-refractivity contribution in [3.8, 4) is 0 Å². The van der Waals surface area contributed by atoms with E-state index < -0.39 is 0 Å². The average molecular weight is 250 g/mol. The van der Waals surface area contributed by atoms with E-state index in [9.17, 15) is 0 Å². The fourth-order valence-electron chi connectivity index (χ4n) is 2.97. The van der Waals surface area contributed by atoms with E-state index in [4.69, 9.17) is 10.2 Å². The fraction of sp³-hybridized carbons (Fsp3) is 0.733. The molecule has 2 heterocycles. The van der Waals surface area contributed by atoms with Crippen LogP contribution in [0.15, 0.2) is 16.7 Å². The first-order chi connectivity index (χ1) is 8.83. The van der Waals surface area contributed by atoms with Crippen LogP contribution in [0.2, 0.25) is 0 Å². The minimum Gasteiger partial charge on any atom is -0.468 e. The summed E-state index contributed by atoms with van der Waals surface area (Å²) in [7, 11) is 0.